The van der Waals surface area contributed by atoms with Gasteiger partial charge in [0, 0.05) is 0 Å². The molecule has 3 aromatic carbocycles. The summed E-state index contributed by atoms with van der Waals surface area (Å²) in [5.41, 5.74) is 13.6. The molecule has 0 saturated heterocycles. The van der Waals surface area contributed by atoms with Gasteiger partial charge in [0.15, 0.2) is 0 Å². The van der Waals surface area contributed by atoms with Gasteiger partial charge < -0.3 is 14.6 Å². The van der Waals surface area contributed by atoms with E-state index in [4.69, 9.17) is 4.43 Å². The lowest BCUT2D eigenvalue weighted by molar-refractivity contribution is 0.182. The van der Waals surface area contributed by atoms with Crippen molar-refractivity contribution < 1.29 is 14.6 Å². The van der Waals surface area contributed by atoms with Crippen LogP contribution < -0.4 is 10.4 Å². The zero-order valence-electron chi connectivity index (χ0n) is 32.7. The maximum Gasteiger partial charge on any atom is 0.261 e. The topological polar surface area (TPSA) is 49.7 Å². The molecule has 3 aromatic rings. The van der Waals surface area contributed by atoms with Gasteiger partial charge in [0.2, 0.25) is 0 Å². The Bertz CT molecular complexity index is 1610. The molecule has 5 heteroatoms. The van der Waals surface area contributed by atoms with E-state index in [1.54, 1.807) is 0 Å². The molecule has 0 saturated carbocycles. The Morgan fingerprint density at radius 3 is 1.65 bits per heavy atom. The Morgan fingerprint density at radius 2 is 1.27 bits per heavy atom. The van der Waals surface area contributed by atoms with Crippen molar-refractivity contribution in [3.8, 4) is 0 Å². The van der Waals surface area contributed by atoms with E-state index < -0.39 is 16.4 Å². The second-order valence-corrected chi connectivity index (χ2v) is 26.6. The van der Waals surface area contributed by atoms with E-state index in [0.717, 1.165) is 43.2 Å². The fourth-order valence-corrected chi connectivity index (χ4v) is 14.4. The number of aliphatic hydroxyl groups excluding tert-OH is 2. The standard InChI is InChI=1S/C44H64O3Si2/c1-13-41(47-49(44(8,9)10,33-20-16-14-17-21-33)34-22-18-15-19-23-34)42-37-27-25-36(37)39(28-45)40(29-46)38(42)26-24-35(31(2)3)32(4)30-48(11,12)43(5,6)7/h14-23,30,41,45-46H,13,24-29H2,1-12H3/b32-30-. The zero-order valence-corrected chi connectivity index (χ0v) is 34.7. The predicted octanol–water partition coefficient (Wildman–Crippen LogP) is 10.1. The molecule has 1 aliphatic carbocycles. The monoisotopic (exact) mass is 696 g/mol. The Hall–Kier alpha value is -2.55. The van der Waals surface area contributed by atoms with Gasteiger partial charge >= 0.3 is 0 Å². The molecule has 0 fully saturated rings. The van der Waals surface area contributed by atoms with E-state index in [9.17, 15) is 10.2 Å². The first-order valence-corrected chi connectivity index (χ1v) is 23.5. The van der Waals surface area contributed by atoms with Crippen LogP contribution in [0.15, 0.2) is 83.1 Å². The summed E-state index contributed by atoms with van der Waals surface area (Å²) in [4.78, 5) is 0. The van der Waals surface area contributed by atoms with Crippen LogP contribution in [-0.2, 0) is 36.9 Å². The molecule has 49 heavy (non-hydrogen) atoms. The number of benzene rings is 3. The van der Waals surface area contributed by atoms with E-state index >= 15 is 0 Å². The summed E-state index contributed by atoms with van der Waals surface area (Å²) in [7, 11) is -4.51. The third-order valence-electron chi connectivity index (χ3n) is 11.7. The molecule has 0 amide bonds. The molecule has 1 aliphatic rings. The first kappa shape index (κ1) is 39.2. The summed E-state index contributed by atoms with van der Waals surface area (Å²) in [6.07, 6.45) is 4.29. The van der Waals surface area contributed by atoms with E-state index in [2.05, 4.69) is 149 Å². The van der Waals surface area contributed by atoms with E-state index in [0.29, 0.717) is 0 Å². The minimum Gasteiger partial charge on any atom is -0.400 e. The van der Waals surface area contributed by atoms with E-state index in [-0.39, 0.29) is 29.4 Å². The fraction of sp³-hybridized carbons (Fsp3) is 0.500. The molecule has 0 bridgehead atoms. The van der Waals surface area contributed by atoms with Crippen molar-refractivity contribution >= 4 is 26.8 Å². The van der Waals surface area contributed by atoms with Crippen LogP contribution >= 0.6 is 0 Å². The van der Waals surface area contributed by atoms with Gasteiger partial charge in [-0.1, -0.05) is 139 Å². The van der Waals surface area contributed by atoms with Gasteiger partial charge in [-0.25, -0.2) is 0 Å². The van der Waals surface area contributed by atoms with E-state index in [1.165, 1.54) is 49.3 Å². The molecule has 0 radical (unpaired) electrons. The molecule has 1 unspecified atom stereocenters. The van der Waals surface area contributed by atoms with Gasteiger partial charge in [0.1, 0.15) is 0 Å². The number of hydrogen-bond donors (Lipinski definition) is 2. The van der Waals surface area contributed by atoms with Crippen LogP contribution in [0.25, 0.3) is 0 Å². The van der Waals surface area contributed by atoms with Gasteiger partial charge in [-0.05, 0) is 112 Å². The lowest BCUT2D eigenvalue weighted by Crippen LogP contribution is -2.67. The minimum atomic E-state index is -2.86. The minimum absolute atomic E-state index is 0.0440. The van der Waals surface area contributed by atoms with Crippen molar-refractivity contribution in [1.29, 1.82) is 0 Å². The Morgan fingerprint density at radius 1 is 0.755 bits per heavy atom. The molecule has 266 valence electrons. The van der Waals surface area contributed by atoms with Gasteiger partial charge in [-0.3, -0.25) is 0 Å². The summed E-state index contributed by atoms with van der Waals surface area (Å²) >= 11 is 0. The summed E-state index contributed by atoms with van der Waals surface area (Å²) in [6, 6.07) is 21.8. The maximum atomic E-state index is 11.0. The zero-order chi connectivity index (χ0) is 36.4. The number of fused-ring (bicyclic) bond motifs is 1. The van der Waals surface area contributed by atoms with Gasteiger partial charge in [0.05, 0.1) is 27.4 Å². The third-order valence-corrected chi connectivity index (χ3v) is 21.8. The van der Waals surface area contributed by atoms with Crippen molar-refractivity contribution in [3.05, 3.63) is 116 Å². The second kappa shape index (κ2) is 15.4. The summed E-state index contributed by atoms with van der Waals surface area (Å²) in [5.74, 6) is 0. The molecule has 0 heterocycles. The van der Waals surface area contributed by atoms with Crippen molar-refractivity contribution in [2.45, 2.75) is 144 Å². The highest BCUT2D eigenvalue weighted by Gasteiger charge is 2.52. The van der Waals surface area contributed by atoms with Crippen molar-refractivity contribution in [1.82, 2.24) is 0 Å². The normalized spacial score (nSPS) is 14.7. The SMILES string of the molecule is CCC(O[Si](c1ccccc1)(c1ccccc1)C(C)(C)C)c1c(CCC(=C(C)C)/C(C)=C\[Si](C)(C)C(C)(C)C)c(CO)c(CO)c2c1CC2. The molecule has 4 rings (SSSR count). The largest absolute Gasteiger partial charge is 0.400 e. The number of allylic oxidation sites excluding steroid dienone is 3. The predicted molar refractivity (Wildman–Crippen MR) is 215 cm³/mol. The van der Waals surface area contributed by atoms with Crippen LogP contribution in [0.3, 0.4) is 0 Å². The molecular formula is C44H64O3Si2. The van der Waals surface area contributed by atoms with Crippen molar-refractivity contribution in [2.75, 3.05) is 0 Å². The van der Waals surface area contributed by atoms with Crippen LogP contribution in [0.4, 0.5) is 0 Å². The smallest absolute Gasteiger partial charge is 0.261 e. The average molecular weight is 697 g/mol. The van der Waals surface area contributed by atoms with Crippen LogP contribution in [0.2, 0.25) is 23.2 Å². The van der Waals surface area contributed by atoms with Crippen LogP contribution in [0.1, 0.15) is 122 Å². The highest BCUT2D eigenvalue weighted by Crippen LogP contribution is 2.46. The summed E-state index contributed by atoms with van der Waals surface area (Å²) in [6.45, 7) is 28.0. The molecule has 3 nitrogen and oxygen atoms in total. The highest BCUT2D eigenvalue weighted by molar-refractivity contribution is 6.99. The molecule has 1 atom stereocenters. The Kier molecular flexibility index (Phi) is 12.3. The highest BCUT2D eigenvalue weighted by atomic mass is 28.4. The van der Waals surface area contributed by atoms with Crippen molar-refractivity contribution in [3.63, 3.8) is 0 Å². The van der Waals surface area contributed by atoms with Gasteiger partial charge in [-0.2, -0.15) is 0 Å². The first-order chi connectivity index (χ1) is 22.9. The molecule has 0 spiro atoms. The molecule has 0 aliphatic heterocycles. The number of rotatable bonds is 13. The average Bonchev–Trinajstić information content (AvgIpc) is 3.01. The lowest BCUT2D eigenvalue weighted by atomic mass is 9.74. The van der Waals surface area contributed by atoms with Crippen LogP contribution in [0.5, 0.6) is 0 Å². The Labute approximate surface area is 300 Å². The van der Waals surface area contributed by atoms with Gasteiger partial charge in [-0.15, -0.1) is 0 Å². The Balaban J connectivity index is 1.93. The third kappa shape index (κ3) is 7.72. The number of hydrogen-bond acceptors (Lipinski definition) is 3. The van der Waals surface area contributed by atoms with Crippen LogP contribution in [0, 0.1) is 0 Å². The summed E-state index contributed by atoms with van der Waals surface area (Å²) < 4.78 is 7.88. The maximum absolute atomic E-state index is 11.0. The fourth-order valence-electron chi connectivity index (χ4n) is 7.96. The van der Waals surface area contributed by atoms with Crippen molar-refractivity contribution in [2.24, 2.45) is 0 Å². The molecule has 2 N–H and O–H groups in total. The lowest BCUT2D eigenvalue weighted by Gasteiger charge is -2.46. The van der Waals surface area contributed by atoms with E-state index in [1.807, 2.05) is 0 Å². The number of aliphatic hydroxyl groups is 2. The second-order valence-electron chi connectivity index (χ2n) is 17.1. The van der Waals surface area contributed by atoms with Gasteiger partial charge in [0.25, 0.3) is 8.32 Å². The molecular weight excluding hydrogens is 633 g/mol. The quantitative estimate of drug-likeness (QED) is 0.138. The van der Waals surface area contributed by atoms with Crippen LogP contribution in [-0.4, -0.2) is 26.6 Å². The summed E-state index contributed by atoms with van der Waals surface area (Å²) in [5, 5.41) is 24.4. The first-order valence-electron chi connectivity index (χ1n) is 18.5. The molecule has 0 aromatic heterocycles.